The number of carbonyl (C=O) groups is 2. The number of anilines is 1. The third-order valence-corrected chi connectivity index (χ3v) is 4.73. The van der Waals surface area contributed by atoms with Crippen molar-refractivity contribution in [2.24, 2.45) is 0 Å². The number of pyridine rings is 1. The van der Waals surface area contributed by atoms with E-state index in [0.717, 1.165) is 5.69 Å². The number of hydrogen-bond acceptors (Lipinski definition) is 7. The fraction of sp³-hybridized carbons (Fsp3) is 0.200. The van der Waals surface area contributed by atoms with Gasteiger partial charge in [-0.2, -0.15) is 0 Å². The molecule has 29 heavy (non-hydrogen) atoms. The molecular weight excluding hydrogens is 392 g/mol. The van der Waals surface area contributed by atoms with Crippen molar-refractivity contribution in [3.8, 4) is 11.5 Å². The summed E-state index contributed by atoms with van der Waals surface area (Å²) in [6.07, 6.45) is 1.79. The number of benzene rings is 1. The van der Waals surface area contributed by atoms with Crippen LogP contribution in [0.1, 0.15) is 21.7 Å². The lowest BCUT2D eigenvalue weighted by Crippen LogP contribution is -2.25. The molecule has 2 aromatic heterocycles. The first kappa shape index (κ1) is 20.3. The van der Waals surface area contributed by atoms with E-state index in [2.05, 4.69) is 20.6 Å². The lowest BCUT2D eigenvalue weighted by Gasteiger charge is -2.08. The van der Waals surface area contributed by atoms with Gasteiger partial charge in [0.05, 0.1) is 38.6 Å². The highest BCUT2D eigenvalue weighted by atomic mass is 32.1. The number of hydrogen-bond donors (Lipinski definition) is 2. The normalized spacial score (nSPS) is 10.3. The van der Waals surface area contributed by atoms with Gasteiger partial charge in [0.2, 0.25) is 5.91 Å². The number of ether oxygens (including phenoxy) is 2. The Hall–Kier alpha value is -3.46. The standard InChI is InChI=1S/C20H20N4O4S/c1-27-16-7-13(8-17(10-16)28-2)19(26)24-20-23-15(12-29-20)9-18(25)22-11-14-5-3-4-6-21-14/h3-8,10,12H,9,11H2,1-2H3,(H,22,25)(H,23,24,26). The maximum atomic E-state index is 12.5. The number of nitrogens with one attached hydrogen (secondary N) is 2. The van der Waals surface area contributed by atoms with E-state index in [-0.39, 0.29) is 18.2 Å². The Morgan fingerprint density at radius 2 is 1.83 bits per heavy atom. The van der Waals surface area contributed by atoms with E-state index in [9.17, 15) is 9.59 Å². The highest BCUT2D eigenvalue weighted by molar-refractivity contribution is 7.14. The fourth-order valence-corrected chi connectivity index (χ4v) is 3.18. The molecule has 0 saturated carbocycles. The van der Waals surface area contributed by atoms with Crippen LogP contribution >= 0.6 is 11.3 Å². The first-order chi connectivity index (χ1) is 14.1. The largest absolute Gasteiger partial charge is 0.497 e. The number of rotatable bonds is 8. The van der Waals surface area contributed by atoms with Gasteiger partial charge >= 0.3 is 0 Å². The molecule has 0 spiro atoms. The molecular formula is C20H20N4O4S. The number of thiazole rings is 1. The summed E-state index contributed by atoms with van der Waals surface area (Å²) in [6, 6.07) is 10.4. The van der Waals surface area contributed by atoms with Crippen LogP contribution in [-0.4, -0.2) is 36.0 Å². The second kappa shape index (κ2) is 9.65. The smallest absolute Gasteiger partial charge is 0.257 e. The fourth-order valence-electron chi connectivity index (χ4n) is 2.47. The van der Waals surface area contributed by atoms with E-state index in [1.54, 1.807) is 29.8 Å². The van der Waals surface area contributed by atoms with Crippen LogP contribution in [-0.2, 0) is 17.8 Å². The van der Waals surface area contributed by atoms with Gasteiger partial charge in [0, 0.05) is 23.2 Å². The molecule has 2 N–H and O–H groups in total. The Morgan fingerprint density at radius 1 is 1.07 bits per heavy atom. The van der Waals surface area contributed by atoms with Crippen molar-refractivity contribution >= 4 is 28.3 Å². The predicted octanol–water partition coefficient (Wildman–Crippen LogP) is 2.67. The van der Waals surface area contributed by atoms with Gasteiger partial charge in [0.25, 0.3) is 5.91 Å². The molecule has 0 atom stereocenters. The van der Waals surface area contributed by atoms with Crippen molar-refractivity contribution in [2.45, 2.75) is 13.0 Å². The minimum Gasteiger partial charge on any atom is -0.497 e. The topological polar surface area (TPSA) is 102 Å². The molecule has 3 rings (SSSR count). The third kappa shape index (κ3) is 5.76. The first-order valence-electron chi connectivity index (χ1n) is 8.73. The Morgan fingerprint density at radius 3 is 2.48 bits per heavy atom. The van der Waals surface area contributed by atoms with Crippen molar-refractivity contribution in [2.75, 3.05) is 19.5 Å². The van der Waals surface area contributed by atoms with Crippen LogP contribution < -0.4 is 20.1 Å². The molecule has 0 unspecified atom stereocenters. The van der Waals surface area contributed by atoms with Gasteiger partial charge in [0.15, 0.2) is 5.13 Å². The van der Waals surface area contributed by atoms with E-state index < -0.39 is 0 Å². The second-order valence-corrected chi connectivity index (χ2v) is 6.83. The Labute approximate surface area is 171 Å². The van der Waals surface area contributed by atoms with E-state index >= 15 is 0 Å². The average Bonchev–Trinajstić information content (AvgIpc) is 3.19. The number of aromatic nitrogens is 2. The number of carbonyl (C=O) groups excluding carboxylic acids is 2. The lowest BCUT2D eigenvalue weighted by atomic mass is 10.2. The van der Waals surface area contributed by atoms with Crippen LogP contribution in [0.15, 0.2) is 48.0 Å². The van der Waals surface area contributed by atoms with Crippen LogP contribution in [0.4, 0.5) is 5.13 Å². The summed E-state index contributed by atoms with van der Waals surface area (Å²) in [6.45, 7) is 0.352. The van der Waals surface area contributed by atoms with Crippen molar-refractivity contribution in [1.82, 2.24) is 15.3 Å². The summed E-state index contributed by atoms with van der Waals surface area (Å²) in [7, 11) is 3.03. The number of amides is 2. The van der Waals surface area contributed by atoms with Gasteiger partial charge in [-0.25, -0.2) is 4.98 Å². The molecule has 8 nitrogen and oxygen atoms in total. The zero-order valence-electron chi connectivity index (χ0n) is 16.0. The quantitative estimate of drug-likeness (QED) is 0.590. The monoisotopic (exact) mass is 412 g/mol. The molecule has 0 aliphatic rings. The maximum absolute atomic E-state index is 12.5. The molecule has 9 heteroatoms. The van der Waals surface area contributed by atoms with Crippen LogP contribution in [0, 0.1) is 0 Å². The van der Waals surface area contributed by atoms with Crippen LogP contribution in [0.3, 0.4) is 0 Å². The van der Waals surface area contributed by atoms with E-state index in [4.69, 9.17) is 9.47 Å². The Kier molecular flexibility index (Phi) is 6.75. The first-order valence-corrected chi connectivity index (χ1v) is 9.61. The van der Waals surface area contributed by atoms with Crippen molar-refractivity contribution in [3.05, 3.63) is 64.9 Å². The molecule has 0 aliphatic carbocycles. The Balaban J connectivity index is 1.57. The summed E-state index contributed by atoms with van der Waals surface area (Å²) in [4.78, 5) is 33.0. The number of nitrogens with zero attached hydrogens (tertiary/aromatic N) is 2. The minimum absolute atomic E-state index is 0.117. The average molecular weight is 412 g/mol. The van der Waals surface area contributed by atoms with Gasteiger partial charge in [-0.15, -0.1) is 11.3 Å². The molecule has 0 fully saturated rings. The van der Waals surface area contributed by atoms with Crippen molar-refractivity contribution < 1.29 is 19.1 Å². The molecule has 3 aromatic rings. The highest BCUT2D eigenvalue weighted by Gasteiger charge is 2.13. The van der Waals surface area contributed by atoms with E-state index in [1.807, 2.05) is 18.2 Å². The summed E-state index contributed by atoms with van der Waals surface area (Å²) in [5.41, 5.74) is 1.74. The van der Waals surface area contributed by atoms with Gasteiger partial charge in [-0.1, -0.05) is 6.07 Å². The van der Waals surface area contributed by atoms with Gasteiger partial charge in [0.1, 0.15) is 11.5 Å². The summed E-state index contributed by atoms with van der Waals surface area (Å²) >= 11 is 1.25. The van der Waals surface area contributed by atoms with E-state index in [0.29, 0.717) is 34.4 Å². The summed E-state index contributed by atoms with van der Waals surface area (Å²) < 4.78 is 10.4. The van der Waals surface area contributed by atoms with Crippen molar-refractivity contribution in [3.63, 3.8) is 0 Å². The van der Waals surface area contributed by atoms with Gasteiger partial charge in [-0.3, -0.25) is 19.9 Å². The van der Waals surface area contributed by atoms with Gasteiger partial charge < -0.3 is 14.8 Å². The molecule has 2 heterocycles. The Bertz CT molecular complexity index is 969. The summed E-state index contributed by atoms with van der Waals surface area (Å²) in [5, 5.41) is 7.67. The molecule has 0 bridgehead atoms. The number of methoxy groups -OCH3 is 2. The van der Waals surface area contributed by atoms with Crippen molar-refractivity contribution in [1.29, 1.82) is 0 Å². The van der Waals surface area contributed by atoms with Crippen LogP contribution in [0.2, 0.25) is 0 Å². The molecule has 1 aromatic carbocycles. The molecule has 2 amide bonds. The summed E-state index contributed by atoms with van der Waals surface area (Å²) in [5.74, 6) is 0.511. The maximum Gasteiger partial charge on any atom is 0.257 e. The predicted molar refractivity (Wildman–Crippen MR) is 109 cm³/mol. The minimum atomic E-state index is -0.345. The van der Waals surface area contributed by atoms with E-state index in [1.165, 1.54) is 25.6 Å². The molecule has 0 aliphatic heterocycles. The molecule has 0 radical (unpaired) electrons. The zero-order chi connectivity index (χ0) is 20.6. The zero-order valence-corrected chi connectivity index (χ0v) is 16.8. The van der Waals surface area contributed by atoms with Crippen LogP contribution in [0.25, 0.3) is 0 Å². The third-order valence-electron chi connectivity index (χ3n) is 3.92. The molecule has 0 saturated heterocycles. The lowest BCUT2D eigenvalue weighted by molar-refractivity contribution is -0.120. The molecule has 150 valence electrons. The SMILES string of the molecule is COc1cc(OC)cc(C(=O)Nc2nc(CC(=O)NCc3ccccn3)cs2)c1. The second-order valence-electron chi connectivity index (χ2n) is 5.97. The van der Waals surface area contributed by atoms with Crippen LogP contribution in [0.5, 0.6) is 11.5 Å². The highest BCUT2D eigenvalue weighted by Crippen LogP contribution is 2.24. The van der Waals surface area contributed by atoms with Gasteiger partial charge in [-0.05, 0) is 24.3 Å².